The Morgan fingerprint density at radius 3 is 2.44 bits per heavy atom. The van der Waals surface area contributed by atoms with Crippen molar-refractivity contribution in [1.82, 2.24) is 14.9 Å². The molecule has 0 saturated carbocycles. The molecule has 144 valence electrons. The van der Waals surface area contributed by atoms with Crippen molar-refractivity contribution in [3.8, 4) is 0 Å². The fraction of sp³-hybridized carbons (Fsp3) is 0.421. The second kappa shape index (κ2) is 8.04. The number of nitrogens with zero attached hydrogens (tertiary/aromatic N) is 3. The highest BCUT2D eigenvalue weighted by molar-refractivity contribution is 7.91. The maximum absolute atomic E-state index is 12.7. The van der Waals surface area contributed by atoms with Crippen molar-refractivity contribution in [1.29, 1.82) is 0 Å². The molecule has 7 nitrogen and oxygen atoms in total. The predicted octanol–water partition coefficient (Wildman–Crippen LogP) is 2.43. The molecular weight excluding hydrogens is 364 g/mol. The maximum Gasteiger partial charge on any atom is 0.274 e. The normalized spacial score (nSPS) is 18.2. The monoisotopic (exact) mass is 388 g/mol. The number of hydrogen-bond donors (Lipinski definition) is 1. The third-order valence-corrected chi connectivity index (χ3v) is 6.51. The number of rotatable bonds is 6. The lowest BCUT2D eigenvalue weighted by atomic mass is 10.1. The van der Waals surface area contributed by atoms with Gasteiger partial charge >= 0.3 is 0 Å². The number of aromatic nitrogens is 2. The fourth-order valence-electron chi connectivity index (χ4n) is 3.21. The predicted molar refractivity (Wildman–Crippen MR) is 105 cm³/mol. The molecule has 1 aromatic heterocycles. The number of benzene rings is 1. The molecule has 1 fully saturated rings. The van der Waals surface area contributed by atoms with Crippen LogP contribution in [0.2, 0.25) is 0 Å². The molecule has 1 aromatic carbocycles. The van der Waals surface area contributed by atoms with Crippen LogP contribution in [0.3, 0.4) is 0 Å². The van der Waals surface area contributed by atoms with Gasteiger partial charge in [0.25, 0.3) is 5.91 Å². The molecule has 0 aliphatic carbocycles. The summed E-state index contributed by atoms with van der Waals surface area (Å²) in [4.78, 5) is 22.8. The number of carbonyl (C=O) groups excluding carboxylic acids is 1. The van der Waals surface area contributed by atoms with Gasteiger partial charge in [0.15, 0.2) is 9.84 Å². The van der Waals surface area contributed by atoms with Gasteiger partial charge in [-0.25, -0.2) is 18.4 Å². The molecule has 1 unspecified atom stereocenters. The van der Waals surface area contributed by atoms with Crippen LogP contribution >= 0.6 is 0 Å². The van der Waals surface area contributed by atoms with E-state index in [0.29, 0.717) is 18.8 Å². The molecule has 0 spiro atoms. The number of aryl methyl sites for hydroxylation is 1. The van der Waals surface area contributed by atoms with Crippen LogP contribution in [0.5, 0.6) is 0 Å². The van der Waals surface area contributed by atoms with Crippen molar-refractivity contribution in [3.63, 3.8) is 0 Å². The molecule has 1 aliphatic rings. The van der Waals surface area contributed by atoms with Gasteiger partial charge in [0.05, 0.1) is 23.9 Å². The molecule has 8 heteroatoms. The molecule has 1 saturated heterocycles. The van der Waals surface area contributed by atoms with Gasteiger partial charge in [-0.15, -0.1) is 0 Å². The molecule has 2 heterocycles. The first-order chi connectivity index (χ1) is 12.9. The van der Waals surface area contributed by atoms with E-state index in [1.165, 1.54) is 18.0 Å². The number of carbonyl (C=O) groups is 1. The van der Waals surface area contributed by atoms with Crippen LogP contribution in [0, 0.1) is 0 Å². The molecule has 1 atom stereocenters. The Morgan fingerprint density at radius 1 is 1.19 bits per heavy atom. The average Bonchev–Trinajstić information content (AvgIpc) is 3.03. The summed E-state index contributed by atoms with van der Waals surface area (Å²) in [7, 11) is -3.05. The summed E-state index contributed by atoms with van der Waals surface area (Å²) in [6, 6.07) is 7.74. The zero-order valence-electron chi connectivity index (χ0n) is 15.6. The minimum absolute atomic E-state index is 0.0212. The molecule has 0 radical (unpaired) electrons. The van der Waals surface area contributed by atoms with E-state index in [9.17, 15) is 13.2 Å². The van der Waals surface area contributed by atoms with Crippen molar-refractivity contribution in [2.24, 2.45) is 0 Å². The highest BCUT2D eigenvalue weighted by Crippen LogP contribution is 2.20. The zero-order chi connectivity index (χ0) is 19.4. The quantitative estimate of drug-likeness (QED) is 0.817. The first-order valence-electron chi connectivity index (χ1n) is 9.11. The average molecular weight is 388 g/mol. The minimum Gasteiger partial charge on any atom is -0.339 e. The molecule has 2 aromatic rings. The van der Waals surface area contributed by atoms with Crippen molar-refractivity contribution < 1.29 is 13.2 Å². The summed E-state index contributed by atoms with van der Waals surface area (Å²) in [6.45, 7) is 4.38. The van der Waals surface area contributed by atoms with E-state index in [1.54, 1.807) is 4.90 Å². The van der Waals surface area contributed by atoms with E-state index in [2.05, 4.69) is 22.2 Å². The van der Waals surface area contributed by atoms with Gasteiger partial charge in [-0.2, -0.15) is 0 Å². The first-order valence-corrected chi connectivity index (χ1v) is 10.9. The van der Waals surface area contributed by atoms with Gasteiger partial charge in [0.2, 0.25) is 0 Å². The van der Waals surface area contributed by atoms with E-state index in [4.69, 9.17) is 0 Å². The molecule has 1 N–H and O–H groups in total. The Hall–Kier alpha value is -2.48. The lowest BCUT2D eigenvalue weighted by Gasteiger charge is -2.26. The molecule has 1 amide bonds. The van der Waals surface area contributed by atoms with E-state index in [1.807, 2.05) is 31.2 Å². The summed E-state index contributed by atoms with van der Waals surface area (Å²) >= 11 is 0. The molecule has 27 heavy (non-hydrogen) atoms. The van der Waals surface area contributed by atoms with Crippen LogP contribution in [-0.2, 0) is 16.3 Å². The van der Waals surface area contributed by atoms with E-state index >= 15 is 0 Å². The van der Waals surface area contributed by atoms with Crippen molar-refractivity contribution >= 4 is 27.2 Å². The maximum atomic E-state index is 12.7. The second-order valence-corrected chi connectivity index (χ2v) is 8.84. The summed E-state index contributed by atoms with van der Waals surface area (Å²) < 4.78 is 23.4. The van der Waals surface area contributed by atoms with Gasteiger partial charge in [-0.1, -0.05) is 19.1 Å². The summed E-state index contributed by atoms with van der Waals surface area (Å²) in [6.07, 6.45) is 4.40. The first kappa shape index (κ1) is 19.3. The smallest absolute Gasteiger partial charge is 0.274 e. The lowest BCUT2D eigenvalue weighted by Crippen LogP contribution is -2.41. The van der Waals surface area contributed by atoms with Crippen LogP contribution in [0.4, 0.5) is 11.5 Å². The number of hydrogen-bond acceptors (Lipinski definition) is 6. The second-order valence-electron chi connectivity index (χ2n) is 6.61. The van der Waals surface area contributed by atoms with Crippen LogP contribution < -0.4 is 5.32 Å². The van der Waals surface area contributed by atoms with Crippen LogP contribution in [0.15, 0.2) is 36.7 Å². The summed E-state index contributed by atoms with van der Waals surface area (Å²) in [5, 5.41) is 3.15. The molecular formula is C19H24N4O3S. The largest absolute Gasteiger partial charge is 0.339 e. The third kappa shape index (κ3) is 4.63. The zero-order valence-corrected chi connectivity index (χ0v) is 16.4. The van der Waals surface area contributed by atoms with Gasteiger partial charge in [-0.3, -0.25) is 4.79 Å². The molecule has 0 bridgehead atoms. The highest BCUT2D eigenvalue weighted by atomic mass is 32.2. The standard InChI is InChI=1S/C19H24N4O3S/c1-3-14-5-7-15(8-6-14)22-18-12-20-17(11-21-18)19(24)23(4-2)16-9-10-27(25,26)13-16/h5-8,11-12,16H,3-4,9-10,13H2,1-2H3,(H,21,22). The van der Waals surface area contributed by atoms with E-state index in [0.717, 1.165) is 12.1 Å². The molecule has 1 aliphatic heterocycles. The number of amides is 1. The Kier molecular flexibility index (Phi) is 5.74. The van der Waals surface area contributed by atoms with Gasteiger partial charge in [0, 0.05) is 18.3 Å². The Balaban J connectivity index is 1.69. The topological polar surface area (TPSA) is 92.3 Å². The van der Waals surface area contributed by atoms with Crippen molar-refractivity contribution in [2.75, 3.05) is 23.4 Å². The van der Waals surface area contributed by atoms with Crippen molar-refractivity contribution in [2.45, 2.75) is 32.7 Å². The Bertz CT molecular complexity index is 896. The van der Waals surface area contributed by atoms with Gasteiger partial charge in [-0.05, 0) is 37.5 Å². The minimum atomic E-state index is -3.05. The van der Waals surface area contributed by atoms with Crippen LogP contribution in [0.25, 0.3) is 0 Å². The van der Waals surface area contributed by atoms with Crippen LogP contribution in [0.1, 0.15) is 36.3 Å². The highest BCUT2D eigenvalue weighted by Gasteiger charge is 2.34. The Labute approximate surface area is 159 Å². The summed E-state index contributed by atoms with van der Waals surface area (Å²) in [5.74, 6) is 0.411. The number of sulfone groups is 1. The van der Waals surface area contributed by atoms with Crippen LogP contribution in [-0.4, -0.2) is 53.3 Å². The number of nitrogens with one attached hydrogen (secondary N) is 1. The van der Waals surface area contributed by atoms with Gasteiger partial charge in [0.1, 0.15) is 11.5 Å². The fourth-order valence-corrected chi connectivity index (χ4v) is 4.94. The van der Waals surface area contributed by atoms with Crippen molar-refractivity contribution in [3.05, 3.63) is 47.9 Å². The Morgan fingerprint density at radius 2 is 1.93 bits per heavy atom. The number of anilines is 2. The van der Waals surface area contributed by atoms with E-state index < -0.39 is 9.84 Å². The SMILES string of the molecule is CCc1ccc(Nc2cnc(C(=O)N(CC)C3CCS(=O)(=O)C3)cn2)cc1. The van der Waals surface area contributed by atoms with Gasteiger partial charge < -0.3 is 10.2 Å². The third-order valence-electron chi connectivity index (χ3n) is 4.76. The summed E-state index contributed by atoms with van der Waals surface area (Å²) in [5.41, 5.74) is 2.36. The van der Waals surface area contributed by atoms with E-state index in [-0.39, 0.29) is 29.1 Å². The molecule has 3 rings (SSSR count). The lowest BCUT2D eigenvalue weighted by molar-refractivity contribution is 0.0702.